The van der Waals surface area contributed by atoms with Crippen LogP contribution in [0.15, 0.2) is 59.5 Å². The maximum atomic E-state index is 12.6. The summed E-state index contributed by atoms with van der Waals surface area (Å²) >= 11 is 0. The van der Waals surface area contributed by atoms with Crippen LogP contribution in [0.1, 0.15) is 23.6 Å². The lowest BCUT2D eigenvalue weighted by Gasteiger charge is -2.26. The summed E-state index contributed by atoms with van der Waals surface area (Å²) in [4.78, 5) is 24.2. The van der Waals surface area contributed by atoms with E-state index in [1.165, 1.54) is 4.31 Å². The van der Waals surface area contributed by atoms with Crippen LogP contribution in [0.5, 0.6) is 0 Å². The van der Waals surface area contributed by atoms with Gasteiger partial charge in [-0.2, -0.15) is 4.31 Å². The summed E-state index contributed by atoms with van der Waals surface area (Å²) in [5.74, 6) is -0.945. The number of amides is 2. The topological polar surface area (TPSA) is 119 Å². The second-order valence-corrected chi connectivity index (χ2v) is 8.91. The van der Waals surface area contributed by atoms with E-state index in [9.17, 15) is 18.0 Å². The summed E-state index contributed by atoms with van der Waals surface area (Å²) in [5, 5.41) is 2.65. The number of nitrogens with zero attached hydrogens (tertiary/aromatic N) is 1. The van der Waals surface area contributed by atoms with Gasteiger partial charge in [-0.25, -0.2) is 8.42 Å². The minimum absolute atomic E-state index is 0.145. The maximum Gasteiger partial charge on any atom is 0.244 e. The first-order valence-corrected chi connectivity index (χ1v) is 11.1. The number of hydrogen-bond acceptors (Lipinski definition) is 5. The molecule has 1 heterocycles. The SMILES string of the molecule is NC(=O)C(NC(=O)CCc1ccc(S(=O)(=O)N2CCOCC2)cc1)c1ccccc1. The van der Waals surface area contributed by atoms with Gasteiger partial charge in [-0.1, -0.05) is 42.5 Å². The Kier molecular flexibility index (Phi) is 7.20. The van der Waals surface area contributed by atoms with Crippen molar-refractivity contribution in [1.29, 1.82) is 0 Å². The Morgan fingerprint density at radius 2 is 1.67 bits per heavy atom. The van der Waals surface area contributed by atoms with Crippen molar-refractivity contribution >= 4 is 21.8 Å². The van der Waals surface area contributed by atoms with E-state index in [-0.39, 0.29) is 17.2 Å². The van der Waals surface area contributed by atoms with Crippen molar-refractivity contribution < 1.29 is 22.7 Å². The molecule has 0 bridgehead atoms. The normalized spacial score (nSPS) is 16.0. The molecule has 1 unspecified atom stereocenters. The average Bonchev–Trinajstić information content (AvgIpc) is 2.77. The van der Waals surface area contributed by atoms with Crippen LogP contribution in [-0.2, 0) is 30.8 Å². The summed E-state index contributed by atoms with van der Waals surface area (Å²) < 4.78 is 31.9. The van der Waals surface area contributed by atoms with Gasteiger partial charge >= 0.3 is 0 Å². The van der Waals surface area contributed by atoms with Crippen molar-refractivity contribution in [2.45, 2.75) is 23.8 Å². The molecular weight excluding hydrogens is 406 g/mol. The van der Waals surface area contributed by atoms with Gasteiger partial charge < -0.3 is 15.8 Å². The Balaban J connectivity index is 1.58. The number of nitrogens with one attached hydrogen (secondary N) is 1. The molecule has 0 saturated carbocycles. The third kappa shape index (κ3) is 5.44. The third-order valence-electron chi connectivity index (χ3n) is 4.89. The standard InChI is InChI=1S/C21H25N3O5S/c22-21(26)20(17-4-2-1-3-5-17)23-19(25)11-8-16-6-9-18(10-7-16)30(27,28)24-12-14-29-15-13-24/h1-7,9-10,20H,8,11-15H2,(H2,22,26)(H,23,25). The maximum absolute atomic E-state index is 12.6. The molecule has 3 rings (SSSR count). The van der Waals surface area contributed by atoms with Gasteiger partial charge in [-0.05, 0) is 29.7 Å². The Morgan fingerprint density at radius 3 is 2.27 bits per heavy atom. The van der Waals surface area contributed by atoms with Crippen LogP contribution in [0, 0.1) is 0 Å². The third-order valence-corrected chi connectivity index (χ3v) is 6.81. The fourth-order valence-corrected chi connectivity index (χ4v) is 4.63. The van der Waals surface area contributed by atoms with Gasteiger partial charge in [-0.15, -0.1) is 0 Å². The lowest BCUT2D eigenvalue weighted by Crippen LogP contribution is -2.40. The molecule has 9 heteroatoms. The number of primary amides is 1. The molecule has 2 amide bonds. The number of sulfonamides is 1. The molecular formula is C21H25N3O5S. The predicted octanol–water partition coefficient (Wildman–Crippen LogP) is 0.983. The molecule has 8 nitrogen and oxygen atoms in total. The monoisotopic (exact) mass is 431 g/mol. The van der Waals surface area contributed by atoms with Gasteiger partial charge in [0, 0.05) is 19.5 Å². The van der Waals surface area contributed by atoms with Crippen LogP contribution >= 0.6 is 0 Å². The van der Waals surface area contributed by atoms with Gasteiger partial charge in [0.15, 0.2) is 0 Å². The zero-order valence-electron chi connectivity index (χ0n) is 16.5. The van der Waals surface area contributed by atoms with Crippen LogP contribution in [0.25, 0.3) is 0 Å². The highest BCUT2D eigenvalue weighted by Gasteiger charge is 2.26. The molecule has 0 aromatic heterocycles. The van der Waals surface area contributed by atoms with Crippen LogP contribution in [0.4, 0.5) is 0 Å². The number of aryl methyl sites for hydroxylation is 1. The van der Waals surface area contributed by atoms with Gasteiger partial charge in [0.25, 0.3) is 0 Å². The fraction of sp³-hybridized carbons (Fsp3) is 0.333. The number of hydrogen-bond donors (Lipinski definition) is 2. The van der Waals surface area contributed by atoms with Gasteiger partial charge in [0.2, 0.25) is 21.8 Å². The quantitative estimate of drug-likeness (QED) is 0.646. The largest absolute Gasteiger partial charge is 0.379 e. The second-order valence-electron chi connectivity index (χ2n) is 6.97. The number of ether oxygens (including phenoxy) is 1. The van der Waals surface area contributed by atoms with E-state index in [0.717, 1.165) is 5.56 Å². The summed E-state index contributed by atoms with van der Waals surface area (Å²) in [7, 11) is -3.54. The van der Waals surface area contributed by atoms with Crippen molar-refractivity contribution in [3.63, 3.8) is 0 Å². The molecule has 30 heavy (non-hydrogen) atoms. The van der Waals surface area contributed by atoms with Crippen LogP contribution < -0.4 is 11.1 Å². The van der Waals surface area contributed by atoms with E-state index >= 15 is 0 Å². The first-order valence-electron chi connectivity index (χ1n) is 9.68. The Labute approximate surface area is 176 Å². The van der Waals surface area contributed by atoms with E-state index in [2.05, 4.69) is 5.32 Å². The molecule has 0 aliphatic carbocycles. The zero-order valence-corrected chi connectivity index (χ0v) is 17.3. The first-order chi connectivity index (χ1) is 14.4. The molecule has 2 aromatic carbocycles. The van der Waals surface area contributed by atoms with Crippen molar-refractivity contribution in [1.82, 2.24) is 9.62 Å². The highest BCUT2D eigenvalue weighted by Crippen LogP contribution is 2.18. The Hall–Kier alpha value is -2.75. The number of carbonyl (C=O) groups excluding carboxylic acids is 2. The fourth-order valence-electron chi connectivity index (χ4n) is 3.22. The van der Waals surface area contributed by atoms with Gasteiger partial charge in [0.05, 0.1) is 18.1 Å². The smallest absolute Gasteiger partial charge is 0.244 e. The molecule has 1 aliphatic rings. The lowest BCUT2D eigenvalue weighted by atomic mass is 10.1. The molecule has 1 atom stereocenters. The molecule has 1 fully saturated rings. The van der Waals surface area contributed by atoms with E-state index in [1.54, 1.807) is 48.5 Å². The minimum atomic E-state index is -3.54. The van der Waals surface area contributed by atoms with Crippen LogP contribution in [0.2, 0.25) is 0 Å². The number of benzene rings is 2. The Bertz CT molecular complexity index is 971. The van der Waals surface area contributed by atoms with Gasteiger partial charge in [0.1, 0.15) is 6.04 Å². The highest BCUT2D eigenvalue weighted by atomic mass is 32.2. The molecule has 3 N–H and O–H groups in total. The van der Waals surface area contributed by atoms with E-state index < -0.39 is 22.0 Å². The molecule has 0 spiro atoms. The molecule has 1 aliphatic heterocycles. The van der Waals surface area contributed by atoms with Crippen molar-refractivity contribution in [3.8, 4) is 0 Å². The first kappa shape index (κ1) is 21.9. The minimum Gasteiger partial charge on any atom is -0.379 e. The summed E-state index contributed by atoms with van der Waals surface area (Å²) in [5.41, 5.74) is 6.86. The molecule has 160 valence electrons. The number of rotatable bonds is 8. The zero-order chi connectivity index (χ0) is 21.6. The van der Waals surface area contributed by atoms with E-state index in [1.807, 2.05) is 6.07 Å². The van der Waals surface area contributed by atoms with E-state index in [0.29, 0.717) is 38.3 Å². The summed E-state index contributed by atoms with van der Waals surface area (Å²) in [6.07, 6.45) is 0.552. The predicted molar refractivity (Wildman–Crippen MR) is 111 cm³/mol. The molecule has 2 aromatic rings. The number of carbonyl (C=O) groups is 2. The van der Waals surface area contributed by atoms with Crippen molar-refractivity contribution in [3.05, 3.63) is 65.7 Å². The number of nitrogens with two attached hydrogens (primary N) is 1. The average molecular weight is 432 g/mol. The second kappa shape index (κ2) is 9.84. The van der Waals surface area contributed by atoms with Crippen LogP contribution in [-0.4, -0.2) is 50.8 Å². The van der Waals surface area contributed by atoms with Crippen molar-refractivity contribution in [2.75, 3.05) is 26.3 Å². The summed E-state index contributed by atoms with van der Waals surface area (Å²) in [6.45, 7) is 1.46. The molecule has 1 saturated heterocycles. The summed E-state index contributed by atoms with van der Waals surface area (Å²) in [6, 6.07) is 14.4. The van der Waals surface area contributed by atoms with E-state index in [4.69, 9.17) is 10.5 Å². The number of morpholine rings is 1. The highest BCUT2D eigenvalue weighted by molar-refractivity contribution is 7.89. The van der Waals surface area contributed by atoms with Gasteiger partial charge in [-0.3, -0.25) is 9.59 Å². The van der Waals surface area contributed by atoms with Crippen molar-refractivity contribution in [2.24, 2.45) is 5.73 Å². The van der Waals surface area contributed by atoms with Crippen LogP contribution in [0.3, 0.4) is 0 Å². The lowest BCUT2D eigenvalue weighted by molar-refractivity contribution is -0.127. The molecule has 0 radical (unpaired) electrons. The Morgan fingerprint density at radius 1 is 1.03 bits per heavy atom.